The lowest BCUT2D eigenvalue weighted by Crippen LogP contribution is -2.24. The molecular formula is C13H10F3N3O4. The van der Waals surface area contributed by atoms with Crippen LogP contribution in [0.3, 0.4) is 0 Å². The quantitative estimate of drug-likeness (QED) is 0.627. The Labute approximate surface area is 128 Å². The maximum absolute atomic E-state index is 12.0. The predicted octanol–water partition coefficient (Wildman–Crippen LogP) is 1.95. The van der Waals surface area contributed by atoms with Gasteiger partial charge in [-0.1, -0.05) is 5.16 Å². The molecule has 0 saturated carbocycles. The zero-order chi connectivity index (χ0) is 17.2. The van der Waals surface area contributed by atoms with Crippen LogP contribution in [0.2, 0.25) is 0 Å². The maximum atomic E-state index is 12.0. The molecule has 0 radical (unpaired) electrons. The van der Waals surface area contributed by atoms with E-state index in [4.69, 9.17) is 0 Å². The Morgan fingerprint density at radius 1 is 1.26 bits per heavy atom. The monoisotopic (exact) mass is 329 g/mol. The number of amides is 1. The van der Waals surface area contributed by atoms with Gasteiger partial charge < -0.3 is 9.57 Å². The van der Waals surface area contributed by atoms with Gasteiger partial charge in [0, 0.05) is 7.05 Å². The Bertz CT molecular complexity index is 695. The molecule has 7 nitrogen and oxygen atoms in total. The molecule has 0 fully saturated rings. The standard InChI is InChI=1S/C13H10F3N3O4/c1-7-10(11(20)19(2)17-7)18-23-12(21)8-3-5-9(6-4-8)22-13(14,15)16/h3-6H,1-2H3/b18-10-. The minimum atomic E-state index is -4.82. The molecule has 1 aliphatic rings. The smallest absolute Gasteiger partial charge is 0.406 e. The van der Waals surface area contributed by atoms with Crippen LogP contribution in [0, 0.1) is 0 Å². The molecule has 0 atom stereocenters. The van der Waals surface area contributed by atoms with Gasteiger partial charge in [0.1, 0.15) is 5.75 Å². The third kappa shape index (κ3) is 4.05. The predicted molar refractivity (Wildman–Crippen MR) is 71.9 cm³/mol. The molecule has 0 N–H and O–H groups in total. The van der Waals surface area contributed by atoms with Gasteiger partial charge in [-0.2, -0.15) is 5.10 Å². The number of nitrogens with zero attached hydrogens (tertiary/aromatic N) is 3. The van der Waals surface area contributed by atoms with Crippen LogP contribution in [0.1, 0.15) is 17.3 Å². The van der Waals surface area contributed by atoms with Gasteiger partial charge in [0.2, 0.25) is 0 Å². The van der Waals surface area contributed by atoms with E-state index in [1.54, 1.807) is 0 Å². The summed E-state index contributed by atoms with van der Waals surface area (Å²) >= 11 is 0. The number of benzene rings is 1. The lowest BCUT2D eigenvalue weighted by Gasteiger charge is -2.08. The number of hydrogen-bond donors (Lipinski definition) is 0. The number of ether oxygens (including phenoxy) is 1. The maximum Gasteiger partial charge on any atom is 0.573 e. The highest BCUT2D eigenvalue weighted by molar-refractivity contribution is 6.68. The van der Waals surface area contributed by atoms with Crippen LogP contribution in [-0.2, 0) is 9.63 Å². The van der Waals surface area contributed by atoms with Crippen molar-refractivity contribution in [2.45, 2.75) is 13.3 Å². The zero-order valence-corrected chi connectivity index (χ0v) is 11.9. The Hall–Kier alpha value is -2.91. The summed E-state index contributed by atoms with van der Waals surface area (Å²) in [6, 6.07) is 4.07. The van der Waals surface area contributed by atoms with Crippen LogP contribution < -0.4 is 4.74 Å². The van der Waals surface area contributed by atoms with E-state index in [-0.39, 0.29) is 17.0 Å². The Morgan fingerprint density at radius 2 is 1.87 bits per heavy atom. The van der Waals surface area contributed by atoms with Gasteiger partial charge in [0.25, 0.3) is 5.91 Å². The number of oxime groups is 1. The molecule has 10 heteroatoms. The molecule has 1 aromatic carbocycles. The second-order valence-electron chi connectivity index (χ2n) is 4.40. The molecule has 0 unspecified atom stereocenters. The highest BCUT2D eigenvalue weighted by Crippen LogP contribution is 2.22. The zero-order valence-electron chi connectivity index (χ0n) is 11.9. The van der Waals surface area contributed by atoms with Crippen LogP contribution in [0.15, 0.2) is 34.5 Å². The van der Waals surface area contributed by atoms with E-state index in [2.05, 4.69) is 19.8 Å². The van der Waals surface area contributed by atoms with E-state index in [0.717, 1.165) is 29.3 Å². The molecule has 0 bridgehead atoms. The SMILES string of the molecule is CC1=NN(C)C(=O)/C1=N\OC(=O)c1ccc(OC(F)(F)F)cc1. The summed E-state index contributed by atoms with van der Waals surface area (Å²) in [4.78, 5) is 27.9. The Morgan fingerprint density at radius 3 is 2.35 bits per heavy atom. The summed E-state index contributed by atoms with van der Waals surface area (Å²) in [5, 5.41) is 8.26. The van der Waals surface area contributed by atoms with Crippen LogP contribution in [0.4, 0.5) is 13.2 Å². The van der Waals surface area contributed by atoms with Crippen molar-refractivity contribution in [1.82, 2.24) is 5.01 Å². The van der Waals surface area contributed by atoms with Crippen LogP contribution >= 0.6 is 0 Å². The van der Waals surface area contributed by atoms with Crippen molar-refractivity contribution in [1.29, 1.82) is 0 Å². The molecule has 0 aliphatic carbocycles. The third-order valence-electron chi connectivity index (χ3n) is 2.68. The first-order valence-corrected chi connectivity index (χ1v) is 6.16. The normalized spacial score (nSPS) is 16.6. The number of carbonyl (C=O) groups excluding carboxylic acids is 2. The van der Waals surface area contributed by atoms with Gasteiger partial charge in [-0.15, -0.1) is 13.2 Å². The van der Waals surface area contributed by atoms with Crippen molar-refractivity contribution in [3.63, 3.8) is 0 Å². The Kier molecular flexibility index (Phi) is 4.34. The van der Waals surface area contributed by atoms with E-state index in [1.807, 2.05) is 0 Å². The van der Waals surface area contributed by atoms with E-state index < -0.39 is 24.0 Å². The summed E-state index contributed by atoms with van der Waals surface area (Å²) < 4.78 is 39.7. The first-order valence-electron chi connectivity index (χ1n) is 6.16. The lowest BCUT2D eigenvalue weighted by atomic mass is 10.2. The van der Waals surface area contributed by atoms with Crippen LogP contribution in [0.25, 0.3) is 0 Å². The number of hydrazone groups is 1. The van der Waals surface area contributed by atoms with E-state index in [1.165, 1.54) is 14.0 Å². The molecule has 0 aromatic heterocycles. The number of carbonyl (C=O) groups is 2. The fraction of sp³-hybridized carbons (Fsp3) is 0.231. The second kappa shape index (κ2) is 6.07. The fourth-order valence-corrected chi connectivity index (χ4v) is 1.66. The first kappa shape index (κ1) is 16.5. The minimum absolute atomic E-state index is 0.0581. The molecule has 1 heterocycles. The lowest BCUT2D eigenvalue weighted by molar-refractivity contribution is -0.274. The summed E-state index contributed by atoms with van der Waals surface area (Å²) in [6.45, 7) is 1.51. The molecule has 1 aliphatic heterocycles. The van der Waals surface area contributed by atoms with Gasteiger partial charge in [-0.25, -0.2) is 9.80 Å². The Balaban J connectivity index is 2.04. The first-order chi connectivity index (χ1) is 10.7. The summed E-state index contributed by atoms with van der Waals surface area (Å²) in [7, 11) is 1.41. The van der Waals surface area contributed by atoms with E-state index >= 15 is 0 Å². The second-order valence-corrected chi connectivity index (χ2v) is 4.40. The molecule has 23 heavy (non-hydrogen) atoms. The highest BCUT2D eigenvalue weighted by atomic mass is 19.4. The van der Waals surface area contributed by atoms with E-state index in [9.17, 15) is 22.8 Å². The van der Waals surface area contributed by atoms with Crippen LogP contribution in [0.5, 0.6) is 5.75 Å². The molecule has 1 aromatic rings. The summed E-state index contributed by atoms with van der Waals surface area (Å²) in [6.07, 6.45) is -4.82. The van der Waals surface area contributed by atoms with Crippen molar-refractivity contribution in [2.75, 3.05) is 7.05 Å². The number of halogens is 3. The van der Waals surface area contributed by atoms with Gasteiger partial charge in [0.15, 0.2) is 5.71 Å². The highest BCUT2D eigenvalue weighted by Gasteiger charge is 2.31. The number of rotatable bonds is 3. The fourth-order valence-electron chi connectivity index (χ4n) is 1.66. The molecular weight excluding hydrogens is 319 g/mol. The van der Waals surface area contributed by atoms with Crippen molar-refractivity contribution in [2.24, 2.45) is 10.3 Å². The minimum Gasteiger partial charge on any atom is -0.406 e. The molecule has 2 rings (SSSR count). The van der Waals surface area contributed by atoms with Crippen molar-refractivity contribution < 1.29 is 32.3 Å². The third-order valence-corrected chi connectivity index (χ3v) is 2.68. The number of alkyl halides is 3. The molecule has 0 saturated heterocycles. The van der Waals surface area contributed by atoms with Crippen molar-refractivity contribution in [3.8, 4) is 5.75 Å². The average Bonchev–Trinajstić information content (AvgIpc) is 2.69. The molecule has 122 valence electrons. The van der Waals surface area contributed by atoms with Gasteiger partial charge in [0.05, 0.1) is 11.3 Å². The van der Waals surface area contributed by atoms with Gasteiger partial charge >= 0.3 is 12.3 Å². The van der Waals surface area contributed by atoms with Crippen molar-refractivity contribution in [3.05, 3.63) is 29.8 Å². The van der Waals surface area contributed by atoms with Gasteiger partial charge in [-0.3, -0.25) is 4.79 Å². The van der Waals surface area contributed by atoms with E-state index in [0.29, 0.717) is 0 Å². The molecule has 1 amide bonds. The molecule has 0 spiro atoms. The summed E-state index contributed by atoms with van der Waals surface area (Å²) in [5.74, 6) is -1.95. The average molecular weight is 329 g/mol. The van der Waals surface area contributed by atoms with Gasteiger partial charge in [-0.05, 0) is 31.2 Å². The summed E-state index contributed by atoms with van der Waals surface area (Å²) in [5.41, 5.74) is 0.0920. The van der Waals surface area contributed by atoms with Crippen molar-refractivity contribution >= 4 is 23.3 Å². The largest absolute Gasteiger partial charge is 0.573 e. The van der Waals surface area contributed by atoms with Crippen LogP contribution in [-0.4, -0.2) is 41.7 Å². The number of hydrogen-bond acceptors (Lipinski definition) is 6. The topological polar surface area (TPSA) is 80.6 Å².